The highest BCUT2D eigenvalue weighted by Gasteiger charge is 2.20. The lowest BCUT2D eigenvalue weighted by Gasteiger charge is -2.19. The van der Waals surface area contributed by atoms with Gasteiger partial charge in [-0.15, -0.1) is 0 Å². The van der Waals surface area contributed by atoms with Gasteiger partial charge in [0.2, 0.25) is 0 Å². The molecule has 2 rings (SSSR count). The molecule has 2 aromatic rings. The molecule has 0 spiro atoms. The summed E-state index contributed by atoms with van der Waals surface area (Å²) in [4.78, 5) is 14.2. The van der Waals surface area contributed by atoms with Gasteiger partial charge in [-0.3, -0.25) is 4.79 Å². The van der Waals surface area contributed by atoms with E-state index in [0.717, 1.165) is 16.8 Å². The maximum Gasteiger partial charge on any atom is 0.275 e. The van der Waals surface area contributed by atoms with Crippen molar-refractivity contribution in [2.24, 2.45) is 5.92 Å². The van der Waals surface area contributed by atoms with E-state index in [1.54, 1.807) is 12.1 Å². The predicted molar refractivity (Wildman–Crippen MR) is 103 cm³/mol. The Balaban J connectivity index is 1.85. The third-order valence-corrected chi connectivity index (χ3v) is 4.47. The van der Waals surface area contributed by atoms with Crippen molar-refractivity contribution in [3.8, 4) is 0 Å². The maximum absolute atomic E-state index is 13.1. The number of hydrogen-bond acceptors (Lipinski definition) is 2. The molecule has 0 saturated carbocycles. The average Bonchev–Trinajstić information content (AvgIpc) is 2.61. The predicted octanol–water partition coefficient (Wildman–Crippen LogP) is 2.47. The molecule has 0 bridgehead atoms. The molecule has 1 amide bonds. The number of anilines is 1. The summed E-state index contributed by atoms with van der Waals surface area (Å²) < 4.78 is 13.1. The Morgan fingerprint density at radius 2 is 1.69 bits per heavy atom. The van der Waals surface area contributed by atoms with Crippen LogP contribution in [0, 0.1) is 11.7 Å². The molecule has 0 aliphatic carbocycles. The second-order valence-electron chi connectivity index (χ2n) is 7.10. The van der Waals surface area contributed by atoms with Crippen LogP contribution in [0.25, 0.3) is 0 Å². The van der Waals surface area contributed by atoms with E-state index in [0.29, 0.717) is 19.0 Å². The molecular formula is C21H29FN3O+. The molecule has 0 aromatic heterocycles. The maximum atomic E-state index is 13.1. The Morgan fingerprint density at radius 1 is 1.08 bits per heavy atom. The van der Waals surface area contributed by atoms with E-state index >= 15 is 0 Å². The van der Waals surface area contributed by atoms with Gasteiger partial charge in [-0.2, -0.15) is 0 Å². The van der Waals surface area contributed by atoms with Crippen LogP contribution in [0.1, 0.15) is 31.0 Å². The van der Waals surface area contributed by atoms with Crippen LogP contribution < -0.4 is 15.5 Å². The number of hydrogen-bond donors (Lipinski definition) is 2. The third kappa shape index (κ3) is 5.85. The third-order valence-electron chi connectivity index (χ3n) is 4.47. The molecule has 0 radical (unpaired) electrons. The number of benzene rings is 2. The number of rotatable bonds is 8. The van der Waals surface area contributed by atoms with E-state index in [1.807, 2.05) is 48.6 Å². The molecular weight excluding hydrogens is 329 g/mol. The fraction of sp³-hybridized carbons (Fsp3) is 0.381. The summed E-state index contributed by atoms with van der Waals surface area (Å²) in [5.41, 5.74) is 3.24. The molecule has 140 valence electrons. The van der Waals surface area contributed by atoms with Gasteiger partial charge in [0, 0.05) is 37.8 Å². The lowest BCUT2D eigenvalue weighted by molar-refractivity contribution is -0.692. The largest absolute Gasteiger partial charge is 0.378 e. The molecule has 0 aliphatic heterocycles. The molecule has 0 saturated heterocycles. The smallest absolute Gasteiger partial charge is 0.275 e. The molecule has 0 aliphatic rings. The van der Waals surface area contributed by atoms with Crippen LogP contribution in [-0.2, 0) is 11.3 Å². The molecule has 2 aromatic carbocycles. The minimum absolute atomic E-state index is 0.00514. The van der Waals surface area contributed by atoms with Gasteiger partial charge in [0.15, 0.2) is 6.54 Å². The van der Waals surface area contributed by atoms with E-state index in [2.05, 4.69) is 19.2 Å². The van der Waals surface area contributed by atoms with Gasteiger partial charge in [0.05, 0.1) is 0 Å². The van der Waals surface area contributed by atoms with Crippen LogP contribution in [0.3, 0.4) is 0 Å². The standard InChI is InChI=1S/C21H28FN3O/c1-15(2)21(17-7-9-18(22)10-8-17)24-14-20(26)23-13-16-5-11-19(12-6-16)25(3)4/h5-12,15,21,24H,13-14H2,1-4H3,(H,23,26)/p+1/t21-/m0/s1. The number of carbonyl (C=O) groups excluding carboxylic acids is 1. The van der Waals surface area contributed by atoms with E-state index in [-0.39, 0.29) is 17.8 Å². The molecule has 5 heteroatoms. The summed E-state index contributed by atoms with van der Waals surface area (Å²) >= 11 is 0. The molecule has 3 N–H and O–H groups in total. The van der Waals surface area contributed by atoms with Crippen molar-refractivity contribution in [2.75, 3.05) is 25.5 Å². The van der Waals surface area contributed by atoms with E-state index in [9.17, 15) is 9.18 Å². The Labute approximate surface area is 155 Å². The number of quaternary nitrogens is 1. The molecule has 0 heterocycles. The highest BCUT2D eigenvalue weighted by Crippen LogP contribution is 2.17. The zero-order valence-electron chi connectivity index (χ0n) is 16.0. The first-order valence-electron chi connectivity index (χ1n) is 8.98. The fourth-order valence-electron chi connectivity index (χ4n) is 2.90. The topological polar surface area (TPSA) is 49.0 Å². The summed E-state index contributed by atoms with van der Waals surface area (Å²) in [7, 11) is 4.00. The number of amides is 1. The van der Waals surface area contributed by atoms with Crippen molar-refractivity contribution < 1.29 is 14.5 Å². The lowest BCUT2D eigenvalue weighted by Crippen LogP contribution is -2.88. The van der Waals surface area contributed by atoms with Crippen LogP contribution >= 0.6 is 0 Å². The first-order chi connectivity index (χ1) is 12.4. The van der Waals surface area contributed by atoms with Crippen molar-refractivity contribution >= 4 is 11.6 Å². The number of carbonyl (C=O) groups is 1. The van der Waals surface area contributed by atoms with Crippen molar-refractivity contribution in [1.82, 2.24) is 5.32 Å². The van der Waals surface area contributed by atoms with Crippen LogP contribution in [0.4, 0.5) is 10.1 Å². The van der Waals surface area contributed by atoms with Crippen LogP contribution in [0.2, 0.25) is 0 Å². The van der Waals surface area contributed by atoms with Gasteiger partial charge < -0.3 is 15.5 Å². The van der Waals surface area contributed by atoms with Crippen molar-refractivity contribution in [3.63, 3.8) is 0 Å². The van der Waals surface area contributed by atoms with E-state index in [4.69, 9.17) is 0 Å². The average molecular weight is 358 g/mol. The normalized spacial score (nSPS) is 12.1. The zero-order chi connectivity index (χ0) is 19.1. The van der Waals surface area contributed by atoms with Crippen LogP contribution in [-0.4, -0.2) is 26.5 Å². The SMILES string of the molecule is CC(C)[C@H]([NH2+]CC(=O)NCc1ccc(N(C)C)cc1)c1ccc(F)cc1. The van der Waals surface area contributed by atoms with Gasteiger partial charge in [-0.1, -0.05) is 38.1 Å². The summed E-state index contributed by atoms with van der Waals surface area (Å²) in [5.74, 6) is 0.0931. The summed E-state index contributed by atoms with van der Waals surface area (Å²) in [5, 5.41) is 4.97. The quantitative estimate of drug-likeness (QED) is 0.762. The Bertz CT molecular complexity index is 696. The summed E-state index contributed by atoms with van der Waals surface area (Å²) in [6.07, 6.45) is 0. The van der Waals surface area contributed by atoms with E-state index < -0.39 is 0 Å². The van der Waals surface area contributed by atoms with Gasteiger partial charge in [0.25, 0.3) is 5.91 Å². The Hall–Kier alpha value is -2.40. The van der Waals surface area contributed by atoms with Crippen molar-refractivity contribution in [2.45, 2.75) is 26.4 Å². The molecule has 4 nitrogen and oxygen atoms in total. The molecule has 0 unspecified atom stereocenters. The number of nitrogens with zero attached hydrogens (tertiary/aromatic N) is 1. The second kappa shape index (κ2) is 9.34. The van der Waals surface area contributed by atoms with Gasteiger partial charge in [-0.05, 0) is 29.8 Å². The Morgan fingerprint density at radius 3 is 2.23 bits per heavy atom. The highest BCUT2D eigenvalue weighted by molar-refractivity contribution is 5.76. The number of halogens is 1. The number of nitrogens with two attached hydrogens (primary N) is 1. The minimum atomic E-state index is -0.241. The highest BCUT2D eigenvalue weighted by atomic mass is 19.1. The van der Waals surface area contributed by atoms with Crippen LogP contribution in [0.5, 0.6) is 0 Å². The second-order valence-corrected chi connectivity index (χ2v) is 7.10. The monoisotopic (exact) mass is 358 g/mol. The minimum Gasteiger partial charge on any atom is -0.378 e. The first kappa shape index (κ1) is 19.9. The number of nitrogens with one attached hydrogen (secondary N) is 1. The molecule has 26 heavy (non-hydrogen) atoms. The fourth-order valence-corrected chi connectivity index (χ4v) is 2.90. The van der Waals surface area contributed by atoms with Crippen LogP contribution in [0.15, 0.2) is 48.5 Å². The summed E-state index contributed by atoms with van der Waals surface area (Å²) in [6, 6.07) is 14.8. The van der Waals surface area contributed by atoms with Crippen molar-refractivity contribution in [1.29, 1.82) is 0 Å². The van der Waals surface area contributed by atoms with Gasteiger partial charge in [-0.25, -0.2) is 4.39 Å². The van der Waals surface area contributed by atoms with Crippen molar-refractivity contribution in [3.05, 3.63) is 65.5 Å². The van der Waals surface area contributed by atoms with E-state index in [1.165, 1.54) is 12.1 Å². The van der Waals surface area contributed by atoms with Gasteiger partial charge in [0.1, 0.15) is 11.9 Å². The zero-order valence-corrected chi connectivity index (χ0v) is 16.0. The summed E-state index contributed by atoms with van der Waals surface area (Å²) in [6.45, 7) is 5.07. The Kier molecular flexibility index (Phi) is 7.16. The molecule has 1 atom stereocenters. The van der Waals surface area contributed by atoms with Gasteiger partial charge >= 0.3 is 0 Å². The molecule has 0 fully saturated rings. The lowest BCUT2D eigenvalue weighted by atomic mass is 9.96. The first-order valence-corrected chi connectivity index (χ1v) is 8.98.